The Labute approximate surface area is 169 Å². The third-order valence-electron chi connectivity index (χ3n) is 5.21. The molecule has 0 bridgehead atoms. The molecule has 0 aromatic carbocycles. The summed E-state index contributed by atoms with van der Waals surface area (Å²) in [7, 11) is 0. The monoisotopic (exact) mass is 383 g/mol. The summed E-state index contributed by atoms with van der Waals surface area (Å²) in [6.07, 6.45) is 29.1. The van der Waals surface area contributed by atoms with Crippen LogP contribution in [0.3, 0.4) is 0 Å². The van der Waals surface area contributed by atoms with Crippen LogP contribution in [-0.2, 0) is 4.79 Å². The highest BCUT2D eigenvalue weighted by molar-refractivity contribution is 7.99. The number of rotatable bonds is 23. The highest BCUT2D eigenvalue weighted by Gasteiger charge is 1.95. The summed E-state index contributed by atoms with van der Waals surface area (Å²) in [5, 5.41) is 0. The van der Waals surface area contributed by atoms with Crippen molar-refractivity contribution in [2.75, 3.05) is 11.5 Å². The van der Waals surface area contributed by atoms with E-state index in [1.807, 2.05) is 6.29 Å². The van der Waals surface area contributed by atoms with Crippen molar-refractivity contribution in [3.63, 3.8) is 0 Å². The Hall–Kier alpha value is 0.0200. The lowest BCUT2D eigenvalue weighted by Crippen LogP contribution is -1.87. The minimum atomic E-state index is 0.633. The van der Waals surface area contributed by atoms with Gasteiger partial charge in [0.05, 0.1) is 0 Å². The number of thioether (sulfide) groups is 1. The molecule has 0 fully saturated rings. The molecule has 0 aliphatic rings. The first-order valence-electron chi connectivity index (χ1n) is 11.8. The topological polar surface area (TPSA) is 17.1 Å². The van der Waals surface area contributed by atoms with Gasteiger partial charge in [0.15, 0.2) is 6.29 Å². The lowest BCUT2D eigenvalue weighted by Gasteiger charge is -2.04. The van der Waals surface area contributed by atoms with Gasteiger partial charge in [-0.05, 0) is 30.8 Å². The van der Waals surface area contributed by atoms with Crippen molar-refractivity contribution in [2.24, 2.45) is 0 Å². The predicted molar refractivity (Wildman–Crippen MR) is 121 cm³/mol. The van der Waals surface area contributed by atoms with Crippen molar-refractivity contribution in [3.8, 4) is 0 Å². The fraction of sp³-hybridized carbons (Fsp3) is 0.958. The van der Waals surface area contributed by atoms with Crippen molar-refractivity contribution < 1.29 is 4.79 Å². The summed E-state index contributed by atoms with van der Waals surface area (Å²) in [6.45, 7) is 2.29. The zero-order chi connectivity index (χ0) is 19.0. The second kappa shape index (κ2) is 25.0. The van der Waals surface area contributed by atoms with E-state index in [0.717, 1.165) is 6.42 Å². The molecule has 1 radical (unpaired) electrons. The van der Waals surface area contributed by atoms with Gasteiger partial charge in [-0.3, -0.25) is 4.79 Å². The van der Waals surface area contributed by atoms with Crippen molar-refractivity contribution in [1.29, 1.82) is 0 Å². The van der Waals surface area contributed by atoms with Gasteiger partial charge in [-0.25, -0.2) is 0 Å². The lowest BCUT2D eigenvalue weighted by atomic mass is 10.0. The molecule has 2 heteroatoms. The van der Waals surface area contributed by atoms with E-state index in [9.17, 15) is 4.79 Å². The Bertz CT molecular complexity index is 255. The largest absolute Gasteiger partial charge is 0.291 e. The quantitative estimate of drug-likeness (QED) is 0.164. The van der Waals surface area contributed by atoms with E-state index in [4.69, 9.17) is 0 Å². The van der Waals surface area contributed by atoms with Crippen LogP contribution in [0.4, 0.5) is 0 Å². The second-order valence-corrected chi connectivity index (χ2v) is 9.10. The SMILES string of the molecule is CCCCCCCCCCCCCCCCSCCCCCCC[C]=O. The molecule has 0 aliphatic carbocycles. The first-order valence-corrected chi connectivity index (χ1v) is 13.0. The maximum atomic E-state index is 10.1. The van der Waals surface area contributed by atoms with Gasteiger partial charge in [0.2, 0.25) is 0 Å². The summed E-state index contributed by atoms with van der Waals surface area (Å²) in [5.74, 6) is 2.69. The fourth-order valence-corrected chi connectivity index (χ4v) is 4.45. The molecule has 0 aromatic heterocycles. The average molecular weight is 384 g/mol. The molecule has 0 N–H and O–H groups in total. The zero-order valence-corrected chi connectivity index (χ0v) is 18.7. The maximum absolute atomic E-state index is 10.1. The minimum Gasteiger partial charge on any atom is -0.291 e. The van der Waals surface area contributed by atoms with Crippen LogP contribution in [0.15, 0.2) is 0 Å². The summed E-state index contributed by atoms with van der Waals surface area (Å²) < 4.78 is 0. The first-order chi connectivity index (χ1) is 12.9. The zero-order valence-electron chi connectivity index (χ0n) is 17.9. The fourth-order valence-electron chi connectivity index (χ4n) is 3.43. The normalized spacial score (nSPS) is 11.1. The second-order valence-electron chi connectivity index (χ2n) is 7.87. The third-order valence-corrected chi connectivity index (χ3v) is 6.36. The molecule has 0 rings (SSSR count). The predicted octanol–water partition coefficient (Wildman–Crippen LogP) is 8.65. The Morgan fingerprint density at radius 1 is 0.500 bits per heavy atom. The van der Waals surface area contributed by atoms with E-state index in [1.54, 1.807) is 0 Å². The van der Waals surface area contributed by atoms with Crippen LogP contribution in [0, 0.1) is 0 Å². The van der Waals surface area contributed by atoms with Gasteiger partial charge in [0.25, 0.3) is 0 Å². The van der Waals surface area contributed by atoms with Crippen LogP contribution in [0.2, 0.25) is 0 Å². The van der Waals surface area contributed by atoms with Gasteiger partial charge in [-0.15, -0.1) is 0 Å². The van der Waals surface area contributed by atoms with Gasteiger partial charge >= 0.3 is 0 Å². The van der Waals surface area contributed by atoms with Gasteiger partial charge in [-0.2, -0.15) is 11.8 Å². The van der Waals surface area contributed by atoms with Gasteiger partial charge in [-0.1, -0.05) is 110 Å². The lowest BCUT2D eigenvalue weighted by molar-refractivity contribution is 0.538. The van der Waals surface area contributed by atoms with Crippen LogP contribution in [0.5, 0.6) is 0 Å². The smallest absolute Gasteiger partial charge is 0.198 e. The Morgan fingerprint density at radius 3 is 1.23 bits per heavy atom. The molecule has 0 heterocycles. The average Bonchev–Trinajstić information content (AvgIpc) is 2.66. The highest BCUT2D eigenvalue weighted by Crippen LogP contribution is 2.15. The van der Waals surface area contributed by atoms with Gasteiger partial charge < -0.3 is 0 Å². The van der Waals surface area contributed by atoms with E-state index in [-0.39, 0.29) is 0 Å². The van der Waals surface area contributed by atoms with E-state index in [2.05, 4.69) is 18.7 Å². The van der Waals surface area contributed by atoms with Gasteiger partial charge in [0.1, 0.15) is 0 Å². The van der Waals surface area contributed by atoms with E-state index < -0.39 is 0 Å². The molecule has 0 saturated carbocycles. The third kappa shape index (κ3) is 24.0. The molecule has 0 saturated heterocycles. The standard InChI is InChI=1S/C24H47OS/c1-2-3-4-5-6-7-8-9-10-11-12-14-17-20-23-26-24-21-18-15-13-16-19-22-25/h2-21,23-24H2,1H3. The summed E-state index contributed by atoms with van der Waals surface area (Å²) in [4.78, 5) is 10.1. The Balaban J connectivity index is 2.96. The molecule has 26 heavy (non-hydrogen) atoms. The molecule has 155 valence electrons. The molecular formula is C24H47OS. The van der Waals surface area contributed by atoms with Crippen LogP contribution in [-0.4, -0.2) is 17.8 Å². The summed E-state index contributed by atoms with van der Waals surface area (Å²) in [5.41, 5.74) is 0. The van der Waals surface area contributed by atoms with Crippen molar-refractivity contribution in [2.45, 2.75) is 135 Å². The molecule has 0 unspecified atom stereocenters. The van der Waals surface area contributed by atoms with Gasteiger partial charge in [0, 0.05) is 6.42 Å². The van der Waals surface area contributed by atoms with Crippen molar-refractivity contribution in [3.05, 3.63) is 0 Å². The Morgan fingerprint density at radius 2 is 0.846 bits per heavy atom. The Kier molecular flexibility index (Phi) is 25.0. The number of hydrogen-bond acceptors (Lipinski definition) is 2. The van der Waals surface area contributed by atoms with Crippen LogP contribution < -0.4 is 0 Å². The van der Waals surface area contributed by atoms with Crippen molar-refractivity contribution in [1.82, 2.24) is 0 Å². The molecular weight excluding hydrogens is 336 g/mol. The molecule has 0 aromatic rings. The molecule has 0 spiro atoms. The summed E-state index contributed by atoms with van der Waals surface area (Å²) >= 11 is 2.14. The van der Waals surface area contributed by atoms with E-state index in [1.165, 1.54) is 127 Å². The number of carbonyl (C=O) groups excluding carboxylic acids is 1. The molecule has 1 nitrogen and oxygen atoms in total. The van der Waals surface area contributed by atoms with E-state index >= 15 is 0 Å². The first kappa shape index (κ1) is 26.0. The van der Waals surface area contributed by atoms with E-state index in [0.29, 0.717) is 6.42 Å². The highest BCUT2D eigenvalue weighted by atomic mass is 32.2. The molecule has 0 amide bonds. The molecule has 0 atom stereocenters. The minimum absolute atomic E-state index is 0.633. The molecule has 0 aliphatic heterocycles. The van der Waals surface area contributed by atoms with Crippen molar-refractivity contribution >= 4 is 18.0 Å². The number of hydrogen-bond donors (Lipinski definition) is 0. The van der Waals surface area contributed by atoms with Crippen LogP contribution >= 0.6 is 11.8 Å². The summed E-state index contributed by atoms with van der Waals surface area (Å²) in [6, 6.07) is 0. The van der Waals surface area contributed by atoms with Crippen LogP contribution in [0.1, 0.15) is 135 Å². The number of unbranched alkanes of at least 4 members (excludes halogenated alkanes) is 18. The van der Waals surface area contributed by atoms with Crippen LogP contribution in [0.25, 0.3) is 0 Å². The maximum Gasteiger partial charge on any atom is 0.198 e.